The van der Waals surface area contributed by atoms with Gasteiger partial charge in [-0.1, -0.05) is 13.0 Å². The van der Waals surface area contributed by atoms with E-state index in [2.05, 4.69) is 10.2 Å². The van der Waals surface area contributed by atoms with Crippen LogP contribution in [0.3, 0.4) is 0 Å². The Kier molecular flexibility index (Phi) is 6.48. The van der Waals surface area contributed by atoms with Crippen LogP contribution >= 0.6 is 0 Å². The molecule has 0 fully saturated rings. The number of hydrogen-bond acceptors (Lipinski definition) is 5. The smallest absolute Gasteiger partial charge is 0.234 e. The molecule has 1 aliphatic heterocycles. The minimum absolute atomic E-state index is 0.0405. The number of rotatable bonds is 9. The summed E-state index contributed by atoms with van der Waals surface area (Å²) in [6.07, 6.45) is 0.830. The highest BCUT2D eigenvalue weighted by molar-refractivity contribution is 5.77. The number of nitrogens with one attached hydrogen (secondary N) is 1. The van der Waals surface area contributed by atoms with Gasteiger partial charge in [-0.15, -0.1) is 0 Å². The van der Waals surface area contributed by atoms with Crippen LogP contribution in [-0.4, -0.2) is 51.0 Å². The number of amides is 1. The van der Waals surface area contributed by atoms with E-state index >= 15 is 0 Å². The minimum atomic E-state index is 0.0405. The highest BCUT2D eigenvalue weighted by Crippen LogP contribution is 2.32. The van der Waals surface area contributed by atoms with Crippen molar-refractivity contribution in [1.82, 2.24) is 10.2 Å². The molecule has 1 aromatic rings. The molecule has 22 heavy (non-hydrogen) atoms. The van der Waals surface area contributed by atoms with Gasteiger partial charge in [-0.3, -0.25) is 9.69 Å². The molecule has 1 heterocycles. The molecule has 0 radical (unpaired) electrons. The molecule has 1 aromatic carbocycles. The maximum Gasteiger partial charge on any atom is 0.234 e. The van der Waals surface area contributed by atoms with Crippen molar-refractivity contribution in [2.75, 3.05) is 40.1 Å². The van der Waals surface area contributed by atoms with Gasteiger partial charge in [0, 0.05) is 26.8 Å². The monoisotopic (exact) mass is 308 g/mol. The highest BCUT2D eigenvalue weighted by atomic mass is 16.7. The van der Waals surface area contributed by atoms with Crippen LogP contribution in [0.5, 0.6) is 11.5 Å². The summed E-state index contributed by atoms with van der Waals surface area (Å²) in [5.74, 6) is 1.60. The average Bonchev–Trinajstić information content (AvgIpc) is 2.98. The Hall–Kier alpha value is -1.79. The molecular formula is C16H24N2O4. The van der Waals surface area contributed by atoms with Gasteiger partial charge >= 0.3 is 0 Å². The van der Waals surface area contributed by atoms with Crippen LogP contribution in [0.15, 0.2) is 18.2 Å². The second kappa shape index (κ2) is 8.60. The molecule has 1 aliphatic rings. The van der Waals surface area contributed by atoms with Crippen molar-refractivity contribution in [2.24, 2.45) is 0 Å². The average molecular weight is 308 g/mol. The van der Waals surface area contributed by atoms with E-state index in [0.29, 0.717) is 26.2 Å². The summed E-state index contributed by atoms with van der Waals surface area (Å²) in [4.78, 5) is 14.0. The third kappa shape index (κ3) is 4.89. The van der Waals surface area contributed by atoms with Gasteiger partial charge in [0.25, 0.3) is 0 Å². The third-order valence-corrected chi connectivity index (χ3v) is 3.50. The van der Waals surface area contributed by atoms with Crippen molar-refractivity contribution in [1.29, 1.82) is 0 Å². The number of benzene rings is 1. The maximum absolute atomic E-state index is 11.9. The van der Waals surface area contributed by atoms with Gasteiger partial charge in [0.05, 0.1) is 6.54 Å². The first-order valence-electron chi connectivity index (χ1n) is 7.59. The fraction of sp³-hybridized carbons (Fsp3) is 0.562. The van der Waals surface area contributed by atoms with Gasteiger partial charge in [0.15, 0.2) is 11.5 Å². The largest absolute Gasteiger partial charge is 0.454 e. The number of likely N-dealkylation sites (N-methyl/N-ethyl adjacent to an activating group) is 1. The Morgan fingerprint density at radius 3 is 2.95 bits per heavy atom. The van der Waals surface area contributed by atoms with E-state index in [1.54, 1.807) is 7.11 Å². The molecule has 0 atom stereocenters. The Morgan fingerprint density at radius 1 is 1.36 bits per heavy atom. The van der Waals surface area contributed by atoms with E-state index in [-0.39, 0.29) is 12.7 Å². The first kappa shape index (κ1) is 16.6. The van der Waals surface area contributed by atoms with Crippen molar-refractivity contribution in [3.05, 3.63) is 23.8 Å². The molecule has 0 spiro atoms. The Morgan fingerprint density at radius 2 is 2.18 bits per heavy atom. The molecule has 0 aromatic heterocycles. The summed E-state index contributed by atoms with van der Waals surface area (Å²) in [7, 11) is 1.66. The van der Waals surface area contributed by atoms with E-state index in [0.717, 1.165) is 30.0 Å². The molecule has 6 nitrogen and oxygen atoms in total. The number of fused-ring (bicyclic) bond motifs is 1. The molecule has 0 saturated heterocycles. The van der Waals surface area contributed by atoms with Crippen LogP contribution < -0.4 is 14.8 Å². The molecule has 0 bridgehead atoms. The van der Waals surface area contributed by atoms with Gasteiger partial charge < -0.3 is 19.5 Å². The predicted octanol–water partition coefficient (Wildman–Crippen LogP) is 1.39. The molecular weight excluding hydrogens is 284 g/mol. The van der Waals surface area contributed by atoms with E-state index < -0.39 is 0 Å². The van der Waals surface area contributed by atoms with E-state index in [4.69, 9.17) is 14.2 Å². The number of hydrogen-bond donors (Lipinski definition) is 1. The highest BCUT2D eigenvalue weighted by Gasteiger charge is 2.15. The van der Waals surface area contributed by atoms with Crippen molar-refractivity contribution >= 4 is 5.91 Å². The van der Waals surface area contributed by atoms with E-state index in [1.807, 2.05) is 25.1 Å². The summed E-state index contributed by atoms with van der Waals surface area (Å²) < 4.78 is 15.6. The maximum atomic E-state index is 11.9. The number of carbonyl (C=O) groups excluding carboxylic acids is 1. The standard InChI is InChI=1S/C16H24N2O4/c1-3-18(11-16(19)17-7-4-8-20-2)10-13-5-6-14-15(9-13)22-12-21-14/h5-6,9H,3-4,7-8,10-12H2,1-2H3,(H,17,19). The Balaban J connectivity index is 1.80. The van der Waals surface area contributed by atoms with E-state index in [9.17, 15) is 4.79 Å². The summed E-state index contributed by atoms with van der Waals surface area (Å²) in [6, 6.07) is 5.89. The number of nitrogens with zero attached hydrogens (tertiary/aromatic N) is 1. The topological polar surface area (TPSA) is 60.0 Å². The lowest BCUT2D eigenvalue weighted by Crippen LogP contribution is -2.37. The van der Waals surface area contributed by atoms with Gasteiger partial charge in [0.1, 0.15) is 0 Å². The van der Waals surface area contributed by atoms with Crippen LogP contribution in [0, 0.1) is 0 Å². The number of methoxy groups -OCH3 is 1. The molecule has 1 amide bonds. The molecule has 0 saturated carbocycles. The van der Waals surface area contributed by atoms with Crippen LogP contribution in [0.4, 0.5) is 0 Å². The predicted molar refractivity (Wildman–Crippen MR) is 83.0 cm³/mol. The van der Waals surface area contributed by atoms with Crippen molar-refractivity contribution in [3.8, 4) is 11.5 Å². The van der Waals surface area contributed by atoms with Gasteiger partial charge in [-0.05, 0) is 30.7 Å². The normalized spacial score (nSPS) is 12.7. The number of carbonyl (C=O) groups is 1. The summed E-state index contributed by atoms with van der Waals surface area (Å²) >= 11 is 0. The number of ether oxygens (including phenoxy) is 3. The fourth-order valence-corrected chi connectivity index (χ4v) is 2.28. The first-order chi connectivity index (χ1) is 10.7. The zero-order chi connectivity index (χ0) is 15.8. The van der Waals surface area contributed by atoms with Crippen molar-refractivity contribution in [3.63, 3.8) is 0 Å². The second-order valence-corrected chi connectivity index (χ2v) is 5.19. The molecule has 2 rings (SSSR count). The molecule has 0 aliphatic carbocycles. The zero-order valence-electron chi connectivity index (χ0n) is 13.3. The van der Waals surface area contributed by atoms with Gasteiger partial charge in [-0.25, -0.2) is 0 Å². The summed E-state index contributed by atoms with van der Waals surface area (Å²) in [6.45, 7) is 5.53. The lowest BCUT2D eigenvalue weighted by molar-refractivity contribution is -0.122. The SMILES string of the molecule is CCN(CC(=O)NCCCOC)Cc1ccc2c(c1)OCO2. The zero-order valence-corrected chi connectivity index (χ0v) is 13.3. The van der Waals surface area contributed by atoms with E-state index in [1.165, 1.54) is 0 Å². The minimum Gasteiger partial charge on any atom is -0.454 e. The summed E-state index contributed by atoms with van der Waals surface area (Å²) in [5, 5.41) is 2.90. The lowest BCUT2D eigenvalue weighted by atomic mass is 10.2. The lowest BCUT2D eigenvalue weighted by Gasteiger charge is -2.20. The van der Waals surface area contributed by atoms with Gasteiger partial charge in [-0.2, -0.15) is 0 Å². The molecule has 0 unspecified atom stereocenters. The molecule has 6 heteroatoms. The quantitative estimate of drug-likeness (QED) is 0.699. The van der Waals surface area contributed by atoms with Crippen molar-refractivity contribution < 1.29 is 19.0 Å². The van der Waals surface area contributed by atoms with Crippen LogP contribution in [0.25, 0.3) is 0 Å². The Bertz CT molecular complexity index is 493. The fourth-order valence-electron chi connectivity index (χ4n) is 2.28. The third-order valence-electron chi connectivity index (χ3n) is 3.50. The van der Waals surface area contributed by atoms with Crippen molar-refractivity contribution in [2.45, 2.75) is 19.9 Å². The van der Waals surface area contributed by atoms with Crippen LogP contribution in [0.2, 0.25) is 0 Å². The van der Waals surface area contributed by atoms with Gasteiger partial charge in [0.2, 0.25) is 12.7 Å². The Labute approximate surface area is 131 Å². The van der Waals surface area contributed by atoms with Crippen LogP contribution in [0.1, 0.15) is 18.9 Å². The second-order valence-electron chi connectivity index (χ2n) is 5.19. The molecule has 122 valence electrons. The molecule has 1 N–H and O–H groups in total. The summed E-state index contributed by atoms with van der Waals surface area (Å²) in [5.41, 5.74) is 1.11. The van der Waals surface area contributed by atoms with Crippen LogP contribution in [-0.2, 0) is 16.1 Å². The first-order valence-corrected chi connectivity index (χ1v) is 7.59.